The first-order chi connectivity index (χ1) is 6.49. The SMILES string of the molecule is COC(=O)CCC1(C)CC=C(Br)C1=O. The molecule has 4 heteroatoms. The first-order valence-electron chi connectivity index (χ1n) is 4.47. The van der Waals surface area contributed by atoms with Crippen molar-refractivity contribution in [3.63, 3.8) is 0 Å². The zero-order valence-electron chi connectivity index (χ0n) is 8.30. The minimum Gasteiger partial charge on any atom is -0.469 e. The molecule has 1 aliphatic carbocycles. The number of carbonyl (C=O) groups is 2. The molecule has 3 nitrogen and oxygen atoms in total. The molecule has 1 rings (SSSR count). The van der Waals surface area contributed by atoms with Gasteiger partial charge in [0.2, 0.25) is 0 Å². The molecule has 0 radical (unpaired) electrons. The third-order valence-corrected chi connectivity index (χ3v) is 3.29. The third-order valence-electron chi connectivity index (χ3n) is 2.61. The van der Waals surface area contributed by atoms with Gasteiger partial charge in [0.05, 0.1) is 11.6 Å². The van der Waals surface area contributed by atoms with E-state index in [-0.39, 0.29) is 11.8 Å². The highest BCUT2D eigenvalue weighted by Gasteiger charge is 2.38. The van der Waals surface area contributed by atoms with Crippen molar-refractivity contribution >= 4 is 27.7 Å². The van der Waals surface area contributed by atoms with Crippen LogP contribution in [0.2, 0.25) is 0 Å². The molecule has 0 N–H and O–H groups in total. The van der Waals surface area contributed by atoms with E-state index in [1.807, 2.05) is 13.0 Å². The van der Waals surface area contributed by atoms with Crippen LogP contribution in [0.4, 0.5) is 0 Å². The molecule has 0 aliphatic heterocycles. The number of methoxy groups -OCH3 is 1. The lowest BCUT2D eigenvalue weighted by Gasteiger charge is -2.20. The highest BCUT2D eigenvalue weighted by molar-refractivity contribution is 9.12. The summed E-state index contributed by atoms with van der Waals surface area (Å²) in [5, 5.41) is 0. The lowest BCUT2D eigenvalue weighted by atomic mass is 9.82. The predicted octanol–water partition coefficient (Wildman–Crippen LogP) is 2.20. The van der Waals surface area contributed by atoms with Gasteiger partial charge in [-0.1, -0.05) is 13.0 Å². The Morgan fingerprint density at radius 2 is 2.36 bits per heavy atom. The quantitative estimate of drug-likeness (QED) is 0.731. The van der Waals surface area contributed by atoms with Crippen LogP contribution in [0, 0.1) is 5.41 Å². The van der Waals surface area contributed by atoms with Crippen LogP contribution >= 0.6 is 15.9 Å². The van der Waals surface area contributed by atoms with Gasteiger partial charge >= 0.3 is 5.97 Å². The fraction of sp³-hybridized carbons (Fsp3) is 0.600. The van der Waals surface area contributed by atoms with Gasteiger partial charge in [0, 0.05) is 11.8 Å². The number of Topliss-reactive ketones (excluding diaryl/α,β-unsaturated/α-hetero) is 1. The van der Waals surface area contributed by atoms with Crippen molar-refractivity contribution in [2.24, 2.45) is 5.41 Å². The number of hydrogen-bond donors (Lipinski definition) is 0. The summed E-state index contributed by atoms with van der Waals surface area (Å²) in [5.41, 5.74) is -0.424. The summed E-state index contributed by atoms with van der Waals surface area (Å²) in [6, 6.07) is 0. The van der Waals surface area contributed by atoms with E-state index in [1.165, 1.54) is 7.11 Å². The second-order valence-electron chi connectivity index (χ2n) is 3.72. The molecule has 0 aromatic heterocycles. The van der Waals surface area contributed by atoms with Gasteiger partial charge in [0.15, 0.2) is 5.78 Å². The fourth-order valence-corrected chi connectivity index (χ4v) is 2.12. The second kappa shape index (κ2) is 4.26. The maximum atomic E-state index is 11.7. The van der Waals surface area contributed by atoms with Crippen LogP contribution in [0.5, 0.6) is 0 Å². The second-order valence-corrected chi connectivity index (χ2v) is 4.58. The Morgan fingerprint density at radius 1 is 1.71 bits per heavy atom. The third kappa shape index (κ3) is 2.23. The number of rotatable bonds is 3. The summed E-state index contributed by atoms with van der Waals surface area (Å²) in [4.78, 5) is 22.6. The number of esters is 1. The smallest absolute Gasteiger partial charge is 0.305 e. The molecule has 0 amide bonds. The van der Waals surface area contributed by atoms with E-state index in [0.717, 1.165) is 0 Å². The molecule has 0 aromatic rings. The lowest BCUT2D eigenvalue weighted by Crippen LogP contribution is -2.24. The van der Waals surface area contributed by atoms with E-state index >= 15 is 0 Å². The van der Waals surface area contributed by atoms with Crippen molar-refractivity contribution < 1.29 is 14.3 Å². The van der Waals surface area contributed by atoms with E-state index in [1.54, 1.807) is 0 Å². The molecule has 0 aromatic carbocycles. The number of allylic oxidation sites excluding steroid dienone is 2. The van der Waals surface area contributed by atoms with Crippen molar-refractivity contribution in [1.29, 1.82) is 0 Å². The standard InChI is InChI=1S/C10H13BrO3/c1-10(6-4-8(12)14-2)5-3-7(11)9(10)13/h3H,4-6H2,1-2H3. The van der Waals surface area contributed by atoms with Gasteiger partial charge in [0.1, 0.15) is 0 Å². The lowest BCUT2D eigenvalue weighted by molar-refractivity contribution is -0.141. The van der Waals surface area contributed by atoms with E-state index in [9.17, 15) is 9.59 Å². The Balaban J connectivity index is 2.53. The molecule has 0 spiro atoms. The molecule has 1 unspecified atom stereocenters. The molecule has 0 bridgehead atoms. The van der Waals surface area contributed by atoms with E-state index < -0.39 is 5.41 Å². The van der Waals surface area contributed by atoms with Crippen LogP contribution in [0.25, 0.3) is 0 Å². The molecule has 14 heavy (non-hydrogen) atoms. The topological polar surface area (TPSA) is 43.4 Å². The summed E-state index contributed by atoms with van der Waals surface area (Å²) in [6.45, 7) is 1.88. The number of hydrogen-bond acceptors (Lipinski definition) is 3. The van der Waals surface area contributed by atoms with E-state index in [0.29, 0.717) is 23.7 Å². The van der Waals surface area contributed by atoms with Crippen molar-refractivity contribution in [1.82, 2.24) is 0 Å². The largest absolute Gasteiger partial charge is 0.469 e. The van der Waals surface area contributed by atoms with Crippen molar-refractivity contribution in [2.75, 3.05) is 7.11 Å². The fourth-order valence-electron chi connectivity index (χ4n) is 1.48. The first kappa shape index (κ1) is 11.4. The van der Waals surface area contributed by atoms with Crippen molar-refractivity contribution in [2.45, 2.75) is 26.2 Å². The summed E-state index contributed by atoms with van der Waals surface area (Å²) in [6.07, 6.45) is 3.40. The van der Waals surface area contributed by atoms with E-state index in [2.05, 4.69) is 20.7 Å². The number of ketones is 1. The summed E-state index contributed by atoms with van der Waals surface area (Å²) < 4.78 is 5.17. The molecule has 0 saturated heterocycles. The zero-order valence-corrected chi connectivity index (χ0v) is 9.89. The van der Waals surface area contributed by atoms with Crippen LogP contribution in [0.3, 0.4) is 0 Å². The molecule has 0 saturated carbocycles. The highest BCUT2D eigenvalue weighted by atomic mass is 79.9. The highest BCUT2D eigenvalue weighted by Crippen LogP contribution is 2.39. The van der Waals surface area contributed by atoms with Crippen LogP contribution in [0.15, 0.2) is 10.6 Å². The Morgan fingerprint density at radius 3 is 2.79 bits per heavy atom. The monoisotopic (exact) mass is 260 g/mol. The molecule has 1 aliphatic rings. The summed E-state index contributed by atoms with van der Waals surface area (Å²) in [5.74, 6) is -0.177. The Hall–Kier alpha value is -0.640. The van der Waals surface area contributed by atoms with E-state index in [4.69, 9.17) is 0 Å². The van der Waals surface area contributed by atoms with Crippen molar-refractivity contribution in [3.8, 4) is 0 Å². The average molecular weight is 261 g/mol. The Labute approximate surface area is 91.6 Å². The molecular formula is C10H13BrO3. The summed E-state index contributed by atoms with van der Waals surface area (Å²) >= 11 is 3.20. The maximum absolute atomic E-state index is 11.7. The van der Waals surface area contributed by atoms with Gasteiger partial charge in [-0.3, -0.25) is 9.59 Å². The van der Waals surface area contributed by atoms with Crippen LogP contribution in [0.1, 0.15) is 26.2 Å². The predicted molar refractivity (Wildman–Crippen MR) is 56.0 cm³/mol. The van der Waals surface area contributed by atoms with Gasteiger partial charge in [-0.2, -0.15) is 0 Å². The zero-order chi connectivity index (χ0) is 10.8. The molecular weight excluding hydrogens is 248 g/mol. The molecule has 1 atom stereocenters. The Bertz CT molecular complexity index is 296. The van der Waals surface area contributed by atoms with Gasteiger partial charge in [-0.05, 0) is 28.8 Å². The normalized spacial score (nSPS) is 26.2. The first-order valence-corrected chi connectivity index (χ1v) is 5.26. The minimum atomic E-state index is -0.424. The number of carbonyl (C=O) groups excluding carboxylic acids is 2. The van der Waals surface area contributed by atoms with Crippen molar-refractivity contribution in [3.05, 3.63) is 10.6 Å². The van der Waals surface area contributed by atoms with Crippen LogP contribution in [-0.4, -0.2) is 18.9 Å². The van der Waals surface area contributed by atoms with Gasteiger partial charge in [-0.25, -0.2) is 0 Å². The Kier molecular flexibility index (Phi) is 3.48. The van der Waals surface area contributed by atoms with Crippen LogP contribution in [-0.2, 0) is 14.3 Å². The number of halogens is 1. The molecule has 0 heterocycles. The maximum Gasteiger partial charge on any atom is 0.305 e. The van der Waals surface area contributed by atoms with Gasteiger partial charge < -0.3 is 4.74 Å². The van der Waals surface area contributed by atoms with Crippen LogP contribution < -0.4 is 0 Å². The number of ether oxygens (including phenoxy) is 1. The van der Waals surface area contributed by atoms with Gasteiger partial charge in [0.25, 0.3) is 0 Å². The minimum absolute atomic E-state index is 0.0846. The average Bonchev–Trinajstić information content (AvgIpc) is 2.44. The molecule has 0 fully saturated rings. The van der Waals surface area contributed by atoms with Gasteiger partial charge in [-0.15, -0.1) is 0 Å². The molecule has 78 valence electrons. The summed E-state index contributed by atoms with van der Waals surface area (Å²) in [7, 11) is 1.36.